The highest BCUT2D eigenvalue weighted by Gasteiger charge is 2.35. The first kappa shape index (κ1) is 23.8. The van der Waals surface area contributed by atoms with Crippen LogP contribution in [-0.2, 0) is 21.4 Å². The van der Waals surface area contributed by atoms with Gasteiger partial charge in [-0.15, -0.1) is 0 Å². The maximum atomic E-state index is 13.4. The largest absolute Gasteiger partial charge is 0.355 e. The summed E-state index contributed by atoms with van der Waals surface area (Å²) in [5, 5.41) is 6.82. The third-order valence-electron chi connectivity index (χ3n) is 5.95. The van der Waals surface area contributed by atoms with Crippen LogP contribution in [0, 0.1) is 19.8 Å². The molecule has 0 saturated carbocycles. The number of benzene rings is 1. The molecule has 9 heteroatoms. The van der Waals surface area contributed by atoms with Gasteiger partial charge in [0.05, 0.1) is 0 Å². The lowest BCUT2D eigenvalue weighted by atomic mass is 9.97. The SMILES string of the molecule is Cc1ccc(/C=C/c2onc(C)c2S(=O)(=O)N2CCC(C(=O)NCc3cccnc3)CC2)cc1. The average Bonchev–Trinajstić information content (AvgIpc) is 3.24. The minimum atomic E-state index is -3.81. The summed E-state index contributed by atoms with van der Waals surface area (Å²) >= 11 is 0. The summed E-state index contributed by atoms with van der Waals surface area (Å²) in [6, 6.07) is 11.6. The van der Waals surface area contributed by atoms with Gasteiger partial charge >= 0.3 is 0 Å². The van der Waals surface area contributed by atoms with Crippen LogP contribution >= 0.6 is 0 Å². The predicted octanol–water partition coefficient (Wildman–Crippen LogP) is 3.57. The van der Waals surface area contributed by atoms with Gasteiger partial charge in [0.25, 0.3) is 0 Å². The first-order chi connectivity index (χ1) is 16.3. The lowest BCUT2D eigenvalue weighted by molar-refractivity contribution is -0.126. The smallest absolute Gasteiger partial charge is 0.248 e. The molecule has 4 rings (SSSR count). The molecule has 1 N–H and O–H groups in total. The van der Waals surface area contributed by atoms with E-state index in [1.54, 1.807) is 31.5 Å². The number of nitrogens with one attached hydrogen (secondary N) is 1. The van der Waals surface area contributed by atoms with Crippen LogP contribution in [0.25, 0.3) is 12.2 Å². The first-order valence-electron chi connectivity index (χ1n) is 11.2. The number of aromatic nitrogens is 2. The zero-order valence-corrected chi connectivity index (χ0v) is 20.1. The van der Waals surface area contributed by atoms with Crippen molar-refractivity contribution in [3.8, 4) is 0 Å². The van der Waals surface area contributed by atoms with E-state index in [0.29, 0.717) is 25.1 Å². The molecule has 1 aromatic carbocycles. The maximum absolute atomic E-state index is 13.4. The van der Waals surface area contributed by atoms with E-state index in [9.17, 15) is 13.2 Å². The van der Waals surface area contributed by atoms with Crippen LogP contribution < -0.4 is 5.32 Å². The molecule has 3 aromatic rings. The molecule has 0 unspecified atom stereocenters. The van der Waals surface area contributed by atoms with Gasteiger partial charge in [-0.2, -0.15) is 4.31 Å². The monoisotopic (exact) mass is 480 g/mol. The van der Waals surface area contributed by atoms with E-state index in [0.717, 1.165) is 16.7 Å². The highest BCUT2D eigenvalue weighted by molar-refractivity contribution is 7.89. The van der Waals surface area contributed by atoms with E-state index in [-0.39, 0.29) is 35.6 Å². The van der Waals surface area contributed by atoms with Crippen LogP contribution in [0.5, 0.6) is 0 Å². The molecular weight excluding hydrogens is 452 g/mol. The van der Waals surface area contributed by atoms with E-state index in [1.807, 2.05) is 43.3 Å². The van der Waals surface area contributed by atoms with E-state index in [1.165, 1.54) is 4.31 Å². The third kappa shape index (κ3) is 5.43. The molecule has 1 amide bonds. The van der Waals surface area contributed by atoms with Gasteiger partial charge in [-0.3, -0.25) is 9.78 Å². The number of sulfonamides is 1. The molecular formula is C25H28N4O4S. The van der Waals surface area contributed by atoms with Crippen molar-refractivity contribution >= 4 is 28.1 Å². The molecule has 0 radical (unpaired) electrons. The van der Waals surface area contributed by atoms with Crippen molar-refractivity contribution in [2.24, 2.45) is 5.92 Å². The first-order valence-corrected chi connectivity index (χ1v) is 12.7. The highest BCUT2D eigenvalue weighted by atomic mass is 32.2. The number of pyridine rings is 1. The Bertz CT molecular complexity index is 1260. The van der Waals surface area contributed by atoms with Gasteiger partial charge < -0.3 is 9.84 Å². The Balaban J connectivity index is 1.41. The van der Waals surface area contributed by atoms with Gasteiger partial charge in [0.15, 0.2) is 10.7 Å². The second-order valence-electron chi connectivity index (χ2n) is 8.46. The van der Waals surface area contributed by atoms with E-state index >= 15 is 0 Å². The number of aryl methyl sites for hydroxylation is 2. The second-order valence-corrected chi connectivity index (χ2v) is 10.3. The maximum Gasteiger partial charge on any atom is 0.248 e. The van der Waals surface area contributed by atoms with Crippen molar-refractivity contribution < 1.29 is 17.7 Å². The molecule has 34 heavy (non-hydrogen) atoms. The summed E-state index contributed by atoms with van der Waals surface area (Å²) in [7, 11) is -3.81. The number of hydrogen-bond acceptors (Lipinski definition) is 6. The van der Waals surface area contributed by atoms with Crippen LogP contribution in [0.2, 0.25) is 0 Å². The van der Waals surface area contributed by atoms with Gasteiger partial charge in [0.2, 0.25) is 15.9 Å². The number of nitrogens with zero attached hydrogens (tertiary/aromatic N) is 3. The fraction of sp³-hybridized carbons (Fsp3) is 0.320. The zero-order chi connectivity index (χ0) is 24.1. The predicted molar refractivity (Wildman–Crippen MR) is 129 cm³/mol. The molecule has 178 valence electrons. The quantitative estimate of drug-likeness (QED) is 0.554. The summed E-state index contributed by atoms with van der Waals surface area (Å²) in [4.78, 5) is 16.7. The van der Waals surface area contributed by atoms with Crippen molar-refractivity contribution in [3.05, 3.63) is 76.9 Å². The molecule has 0 aliphatic carbocycles. The Morgan fingerprint density at radius 1 is 1.15 bits per heavy atom. The van der Waals surface area contributed by atoms with Crippen molar-refractivity contribution in [2.75, 3.05) is 13.1 Å². The molecule has 1 aliphatic heterocycles. The summed E-state index contributed by atoms with van der Waals surface area (Å²) in [5.74, 6) is -0.0919. The number of carbonyl (C=O) groups excluding carboxylic acids is 1. The lowest BCUT2D eigenvalue weighted by Gasteiger charge is -2.30. The van der Waals surface area contributed by atoms with Gasteiger partial charge in [-0.1, -0.05) is 47.1 Å². The fourth-order valence-corrected chi connectivity index (χ4v) is 5.69. The minimum Gasteiger partial charge on any atom is -0.355 e. The Kier molecular flexibility index (Phi) is 7.23. The Hall–Kier alpha value is -3.30. The molecule has 8 nitrogen and oxygen atoms in total. The normalized spacial score (nSPS) is 15.6. The lowest BCUT2D eigenvalue weighted by Crippen LogP contribution is -2.43. The number of hydrogen-bond donors (Lipinski definition) is 1. The van der Waals surface area contributed by atoms with E-state index in [2.05, 4.69) is 15.5 Å². The average molecular weight is 481 g/mol. The van der Waals surface area contributed by atoms with Crippen LogP contribution in [0.15, 0.2) is 58.2 Å². The number of amides is 1. The number of piperidine rings is 1. The Labute approximate surface area is 199 Å². The molecule has 0 spiro atoms. The van der Waals surface area contributed by atoms with Crippen LogP contribution in [0.4, 0.5) is 0 Å². The number of rotatable bonds is 7. The molecule has 2 aromatic heterocycles. The van der Waals surface area contributed by atoms with Gasteiger partial charge in [-0.05, 0) is 50.0 Å². The Morgan fingerprint density at radius 3 is 2.56 bits per heavy atom. The summed E-state index contributed by atoms with van der Waals surface area (Å²) in [6.07, 6.45) is 7.74. The standard InChI is InChI=1S/C25H28N4O4S/c1-18-5-7-20(8-6-18)9-10-23-24(19(2)28-33-23)34(31,32)29-14-11-22(12-15-29)25(30)27-17-21-4-3-13-26-16-21/h3-10,13,16,22H,11-12,14-15,17H2,1-2H3,(H,27,30)/b10-9+. The summed E-state index contributed by atoms with van der Waals surface area (Å²) in [6.45, 7) is 4.56. The molecule has 3 heterocycles. The summed E-state index contributed by atoms with van der Waals surface area (Å²) in [5.41, 5.74) is 3.32. The highest BCUT2D eigenvalue weighted by Crippen LogP contribution is 2.29. The van der Waals surface area contributed by atoms with Crippen molar-refractivity contribution in [3.63, 3.8) is 0 Å². The van der Waals surface area contributed by atoms with Crippen LogP contribution in [0.3, 0.4) is 0 Å². The molecule has 1 aliphatic rings. The second kappa shape index (κ2) is 10.3. The van der Waals surface area contributed by atoms with E-state index < -0.39 is 10.0 Å². The number of carbonyl (C=O) groups is 1. The fourth-order valence-electron chi connectivity index (χ4n) is 3.97. The Morgan fingerprint density at radius 2 is 1.88 bits per heavy atom. The van der Waals surface area contributed by atoms with Crippen molar-refractivity contribution in [1.29, 1.82) is 0 Å². The topological polar surface area (TPSA) is 105 Å². The van der Waals surface area contributed by atoms with Gasteiger partial charge in [-0.25, -0.2) is 8.42 Å². The van der Waals surface area contributed by atoms with Crippen molar-refractivity contribution in [1.82, 2.24) is 19.8 Å². The van der Waals surface area contributed by atoms with Gasteiger partial charge in [0, 0.05) is 37.9 Å². The van der Waals surface area contributed by atoms with Crippen molar-refractivity contribution in [2.45, 2.75) is 38.1 Å². The van der Waals surface area contributed by atoms with Gasteiger partial charge in [0.1, 0.15) is 5.69 Å². The minimum absolute atomic E-state index is 0.0659. The zero-order valence-electron chi connectivity index (χ0n) is 19.3. The molecule has 0 atom stereocenters. The third-order valence-corrected chi connectivity index (χ3v) is 8.01. The molecule has 1 fully saturated rings. The molecule has 1 saturated heterocycles. The van der Waals surface area contributed by atoms with E-state index in [4.69, 9.17) is 4.52 Å². The molecule has 0 bridgehead atoms. The van der Waals surface area contributed by atoms with Crippen LogP contribution in [-0.4, -0.2) is 41.9 Å². The van der Waals surface area contributed by atoms with Crippen LogP contribution in [0.1, 0.15) is 41.0 Å². The summed E-state index contributed by atoms with van der Waals surface area (Å²) < 4.78 is 33.6.